The van der Waals surface area contributed by atoms with Crippen LogP contribution in [0.15, 0.2) is 55.1 Å². The summed E-state index contributed by atoms with van der Waals surface area (Å²) in [5.74, 6) is -0.402. The molecule has 1 aromatic carbocycles. The van der Waals surface area contributed by atoms with Crippen LogP contribution in [0.2, 0.25) is 0 Å². The molecule has 1 amide bonds. The lowest BCUT2D eigenvalue weighted by molar-refractivity contribution is -0.136. The third-order valence-corrected chi connectivity index (χ3v) is 5.49. The molecule has 1 heterocycles. The van der Waals surface area contributed by atoms with Crippen LogP contribution in [0.25, 0.3) is 0 Å². The topological polar surface area (TPSA) is 59.1 Å². The summed E-state index contributed by atoms with van der Waals surface area (Å²) >= 11 is 0. The molecule has 0 aliphatic carbocycles. The number of ether oxygens (including phenoxy) is 2. The number of hydrogen-bond donors (Lipinski definition) is 0. The van der Waals surface area contributed by atoms with Crippen LogP contribution in [-0.2, 0) is 20.8 Å². The Labute approximate surface area is 173 Å². The first-order valence-electron chi connectivity index (χ1n) is 10.0. The SMILES string of the molecule is C=CCC1(N(CC(=C)C(=O)OC)Cc2ccccc2)CCN(C(=O)OCC)CC1. The normalized spacial score (nSPS) is 15.6. The lowest BCUT2D eigenvalue weighted by atomic mass is 9.82. The highest BCUT2D eigenvalue weighted by molar-refractivity contribution is 5.88. The third-order valence-electron chi connectivity index (χ3n) is 5.49. The van der Waals surface area contributed by atoms with Gasteiger partial charge in [0, 0.05) is 37.3 Å². The number of likely N-dealkylation sites (tertiary alicyclic amines) is 1. The second kappa shape index (κ2) is 10.8. The lowest BCUT2D eigenvalue weighted by Crippen LogP contribution is -2.56. The van der Waals surface area contributed by atoms with Gasteiger partial charge < -0.3 is 14.4 Å². The molecule has 1 aromatic rings. The molecule has 1 aliphatic heterocycles. The van der Waals surface area contributed by atoms with Crippen molar-refractivity contribution in [1.82, 2.24) is 9.80 Å². The van der Waals surface area contributed by atoms with Crippen LogP contribution in [-0.4, -0.2) is 60.8 Å². The van der Waals surface area contributed by atoms with E-state index < -0.39 is 5.97 Å². The van der Waals surface area contributed by atoms with Crippen molar-refractivity contribution in [2.75, 3.05) is 33.4 Å². The highest BCUT2D eigenvalue weighted by Crippen LogP contribution is 2.35. The minimum Gasteiger partial charge on any atom is -0.466 e. The molecule has 158 valence electrons. The van der Waals surface area contributed by atoms with Crippen LogP contribution < -0.4 is 0 Å². The van der Waals surface area contributed by atoms with Gasteiger partial charge in [-0.25, -0.2) is 9.59 Å². The minimum absolute atomic E-state index is 0.225. The van der Waals surface area contributed by atoms with Crippen molar-refractivity contribution in [2.45, 2.75) is 38.3 Å². The van der Waals surface area contributed by atoms with Crippen LogP contribution in [0.3, 0.4) is 0 Å². The Bertz CT molecular complexity index is 709. The molecule has 0 N–H and O–H groups in total. The molecule has 2 rings (SSSR count). The Morgan fingerprint density at radius 1 is 1.24 bits per heavy atom. The number of benzene rings is 1. The van der Waals surface area contributed by atoms with Gasteiger partial charge in [-0.15, -0.1) is 6.58 Å². The number of carbonyl (C=O) groups excluding carboxylic acids is 2. The average Bonchev–Trinajstić information content (AvgIpc) is 2.74. The molecule has 0 radical (unpaired) electrons. The van der Waals surface area contributed by atoms with E-state index >= 15 is 0 Å². The van der Waals surface area contributed by atoms with E-state index in [0.717, 1.165) is 24.8 Å². The molecule has 0 aromatic heterocycles. The zero-order valence-corrected chi connectivity index (χ0v) is 17.6. The molecule has 1 fully saturated rings. The van der Waals surface area contributed by atoms with Crippen molar-refractivity contribution in [3.05, 3.63) is 60.7 Å². The molecule has 0 atom stereocenters. The number of methoxy groups -OCH3 is 1. The number of esters is 1. The summed E-state index contributed by atoms with van der Waals surface area (Å²) in [5, 5.41) is 0. The highest BCUT2D eigenvalue weighted by Gasteiger charge is 2.40. The number of hydrogen-bond acceptors (Lipinski definition) is 5. The van der Waals surface area contributed by atoms with Crippen molar-refractivity contribution in [3.8, 4) is 0 Å². The summed E-state index contributed by atoms with van der Waals surface area (Å²) in [6.07, 6.45) is 3.93. The van der Waals surface area contributed by atoms with Crippen LogP contribution in [0.4, 0.5) is 4.79 Å². The Morgan fingerprint density at radius 3 is 2.45 bits per heavy atom. The summed E-state index contributed by atoms with van der Waals surface area (Å²) in [6.45, 7) is 12.3. The molecule has 0 saturated carbocycles. The monoisotopic (exact) mass is 400 g/mol. The summed E-state index contributed by atoms with van der Waals surface area (Å²) in [6, 6.07) is 10.1. The fraction of sp³-hybridized carbons (Fsp3) is 0.478. The van der Waals surface area contributed by atoms with E-state index in [9.17, 15) is 9.59 Å². The summed E-state index contributed by atoms with van der Waals surface area (Å²) in [7, 11) is 1.37. The number of nitrogens with zero attached hydrogens (tertiary/aromatic N) is 2. The van der Waals surface area contributed by atoms with Crippen molar-refractivity contribution in [2.24, 2.45) is 0 Å². The molecular formula is C23H32N2O4. The number of rotatable bonds is 9. The van der Waals surface area contributed by atoms with E-state index in [1.165, 1.54) is 7.11 Å². The molecule has 6 nitrogen and oxygen atoms in total. The molecule has 0 unspecified atom stereocenters. The van der Waals surface area contributed by atoms with Gasteiger partial charge in [0.2, 0.25) is 0 Å². The Hall–Kier alpha value is -2.60. The Morgan fingerprint density at radius 2 is 1.90 bits per heavy atom. The maximum Gasteiger partial charge on any atom is 0.409 e. The zero-order valence-electron chi connectivity index (χ0n) is 17.6. The van der Waals surface area contributed by atoms with Gasteiger partial charge in [-0.1, -0.05) is 43.0 Å². The minimum atomic E-state index is -0.402. The standard InChI is InChI=1S/C23H32N2O4/c1-5-12-23(13-15-24(16-14-23)22(27)29-6-2)25(17-19(3)21(26)28-4)18-20-10-8-7-9-11-20/h5,7-11H,1,3,6,12-18H2,2,4H3. The predicted octanol–water partition coefficient (Wildman–Crippen LogP) is 3.79. The van der Waals surface area contributed by atoms with Gasteiger partial charge in [0.1, 0.15) is 0 Å². The lowest BCUT2D eigenvalue weighted by Gasteiger charge is -2.48. The van der Waals surface area contributed by atoms with Crippen molar-refractivity contribution < 1.29 is 19.1 Å². The number of piperidine rings is 1. The second-order valence-electron chi connectivity index (χ2n) is 7.34. The predicted molar refractivity (Wildman–Crippen MR) is 113 cm³/mol. The number of amides is 1. The number of carbonyl (C=O) groups is 2. The smallest absolute Gasteiger partial charge is 0.409 e. The van der Waals surface area contributed by atoms with Gasteiger partial charge in [-0.2, -0.15) is 0 Å². The molecule has 1 saturated heterocycles. The van der Waals surface area contributed by atoms with Crippen molar-refractivity contribution >= 4 is 12.1 Å². The van der Waals surface area contributed by atoms with Crippen LogP contribution in [0, 0.1) is 0 Å². The molecule has 29 heavy (non-hydrogen) atoms. The third kappa shape index (κ3) is 5.94. The first kappa shape index (κ1) is 22.7. The molecule has 0 spiro atoms. The van der Waals surface area contributed by atoms with Crippen LogP contribution >= 0.6 is 0 Å². The van der Waals surface area contributed by atoms with E-state index in [-0.39, 0.29) is 11.6 Å². The molecule has 0 bridgehead atoms. The van der Waals surface area contributed by atoms with Gasteiger partial charge in [-0.05, 0) is 31.7 Å². The van der Waals surface area contributed by atoms with Crippen molar-refractivity contribution in [1.29, 1.82) is 0 Å². The molecule has 1 aliphatic rings. The Kier molecular flexibility index (Phi) is 8.46. The molecular weight excluding hydrogens is 368 g/mol. The van der Waals surface area contributed by atoms with Gasteiger partial charge in [0.15, 0.2) is 0 Å². The van der Waals surface area contributed by atoms with E-state index in [4.69, 9.17) is 9.47 Å². The van der Waals surface area contributed by atoms with Crippen LogP contribution in [0.5, 0.6) is 0 Å². The fourth-order valence-electron chi connectivity index (χ4n) is 3.87. The van der Waals surface area contributed by atoms with E-state index in [2.05, 4.69) is 30.2 Å². The van der Waals surface area contributed by atoms with Crippen LogP contribution in [0.1, 0.15) is 31.7 Å². The largest absolute Gasteiger partial charge is 0.466 e. The van der Waals surface area contributed by atoms with Gasteiger partial charge in [-0.3, -0.25) is 4.90 Å². The maximum absolute atomic E-state index is 12.1. The first-order chi connectivity index (χ1) is 14.0. The van der Waals surface area contributed by atoms with Gasteiger partial charge in [0.25, 0.3) is 0 Å². The van der Waals surface area contributed by atoms with E-state index in [1.807, 2.05) is 31.2 Å². The molecule has 6 heteroatoms. The zero-order chi connectivity index (χ0) is 21.3. The van der Waals surface area contributed by atoms with Gasteiger partial charge >= 0.3 is 12.1 Å². The fourth-order valence-corrected chi connectivity index (χ4v) is 3.87. The quantitative estimate of drug-likeness (QED) is 0.359. The summed E-state index contributed by atoms with van der Waals surface area (Å²) < 4.78 is 10.0. The highest BCUT2D eigenvalue weighted by atomic mass is 16.6. The van der Waals surface area contributed by atoms with Gasteiger partial charge in [0.05, 0.1) is 13.7 Å². The average molecular weight is 401 g/mol. The Balaban J connectivity index is 2.25. The second-order valence-corrected chi connectivity index (χ2v) is 7.34. The maximum atomic E-state index is 12.1. The summed E-state index contributed by atoms with van der Waals surface area (Å²) in [4.78, 5) is 28.2. The van der Waals surface area contributed by atoms with Crippen molar-refractivity contribution in [3.63, 3.8) is 0 Å². The summed E-state index contributed by atoms with van der Waals surface area (Å²) in [5.41, 5.74) is 1.35. The first-order valence-corrected chi connectivity index (χ1v) is 10.0. The van der Waals surface area contributed by atoms with E-state index in [1.54, 1.807) is 4.90 Å². The van der Waals surface area contributed by atoms with E-state index in [0.29, 0.717) is 38.4 Å².